The standard InChI is InChI=1S/C28H29N3O9S/c1-16(2)40-28(34)24-18(4)29-17(3)23(25(24)19-10-5-7-12-21(19)31(35)36)27(33)39-15-9-14-30-26(32)20-11-6-8-13-22(20)41(30,37)38/h5-8,10-13,16,25,29H,9,14-15H2,1-4H3. The van der Waals surface area contributed by atoms with Gasteiger partial charge in [-0.2, -0.15) is 0 Å². The first-order valence-electron chi connectivity index (χ1n) is 12.8. The SMILES string of the molecule is CC1=C(C(=O)OCCCN2C(=O)c3ccccc3S2(=O)=O)C(c2ccccc2[N+](=O)[O-])C(C(=O)OC(C)C)=C(C)N1. The molecular formula is C28H29N3O9S. The number of nitro benzene ring substituents is 1. The first-order valence-corrected chi connectivity index (χ1v) is 14.3. The molecule has 2 heterocycles. The van der Waals surface area contributed by atoms with Crippen LogP contribution in [0.5, 0.6) is 0 Å². The second-order valence-corrected chi connectivity index (χ2v) is 11.6. The van der Waals surface area contributed by atoms with E-state index in [0.29, 0.717) is 11.4 Å². The zero-order chi connectivity index (χ0) is 30.1. The van der Waals surface area contributed by atoms with Crippen molar-refractivity contribution >= 4 is 33.6 Å². The lowest BCUT2D eigenvalue weighted by Gasteiger charge is -2.30. The minimum absolute atomic E-state index is 0.00226. The monoisotopic (exact) mass is 583 g/mol. The zero-order valence-electron chi connectivity index (χ0n) is 22.9. The van der Waals surface area contributed by atoms with E-state index in [1.807, 2.05) is 0 Å². The number of fused-ring (bicyclic) bond motifs is 1. The predicted molar refractivity (Wildman–Crippen MR) is 146 cm³/mol. The number of nitro groups is 1. The van der Waals surface area contributed by atoms with Crippen LogP contribution in [0.15, 0.2) is 76.0 Å². The van der Waals surface area contributed by atoms with Gasteiger partial charge in [-0.15, -0.1) is 0 Å². The number of nitrogens with zero attached hydrogens (tertiary/aromatic N) is 2. The van der Waals surface area contributed by atoms with E-state index in [0.717, 1.165) is 4.31 Å². The summed E-state index contributed by atoms with van der Waals surface area (Å²) in [6, 6.07) is 11.7. The Morgan fingerprint density at radius 1 is 1.02 bits per heavy atom. The Morgan fingerprint density at radius 2 is 1.63 bits per heavy atom. The molecule has 1 N–H and O–H groups in total. The summed E-state index contributed by atoms with van der Waals surface area (Å²) in [5.74, 6) is -3.44. The number of sulfonamides is 1. The van der Waals surface area contributed by atoms with Crippen molar-refractivity contribution in [2.75, 3.05) is 13.2 Å². The average Bonchev–Trinajstić information content (AvgIpc) is 3.10. The van der Waals surface area contributed by atoms with Gasteiger partial charge < -0.3 is 14.8 Å². The van der Waals surface area contributed by atoms with Crippen LogP contribution in [0.1, 0.15) is 56.0 Å². The second kappa shape index (κ2) is 11.5. The Hall–Kier alpha value is -4.52. The maximum atomic E-state index is 13.5. The van der Waals surface area contributed by atoms with E-state index >= 15 is 0 Å². The topological polar surface area (TPSA) is 162 Å². The third-order valence-electron chi connectivity index (χ3n) is 6.64. The largest absolute Gasteiger partial charge is 0.462 e. The molecular weight excluding hydrogens is 554 g/mol. The lowest BCUT2D eigenvalue weighted by atomic mass is 9.79. The van der Waals surface area contributed by atoms with Crippen molar-refractivity contribution < 1.29 is 37.2 Å². The van der Waals surface area contributed by atoms with Gasteiger partial charge in [-0.25, -0.2) is 22.3 Å². The van der Waals surface area contributed by atoms with Crippen LogP contribution in [0.25, 0.3) is 0 Å². The lowest BCUT2D eigenvalue weighted by Crippen LogP contribution is -2.34. The summed E-state index contributed by atoms with van der Waals surface area (Å²) in [5.41, 5.74) is 0.572. The van der Waals surface area contributed by atoms with Gasteiger partial charge >= 0.3 is 11.9 Å². The Kier molecular flexibility index (Phi) is 8.29. The summed E-state index contributed by atoms with van der Waals surface area (Å²) < 4.78 is 37.2. The number of esters is 2. The van der Waals surface area contributed by atoms with Crippen molar-refractivity contribution in [1.29, 1.82) is 0 Å². The lowest BCUT2D eigenvalue weighted by molar-refractivity contribution is -0.385. The summed E-state index contributed by atoms with van der Waals surface area (Å²) in [4.78, 5) is 50.5. The molecule has 0 radical (unpaired) electrons. The number of hydrogen-bond donors (Lipinski definition) is 1. The molecule has 2 aromatic rings. The smallest absolute Gasteiger partial charge is 0.337 e. The summed E-state index contributed by atoms with van der Waals surface area (Å²) in [7, 11) is -4.01. The molecule has 216 valence electrons. The van der Waals surface area contributed by atoms with E-state index < -0.39 is 44.8 Å². The predicted octanol–water partition coefficient (Wildman–Crippen LogP) is 3.56. The minimum atomic E-state index is -4.01. The van der Waals surface area contributed by atoms with Crippen molar-refractivity contribution in [3.8, 4) is 0 Å². The molecule has 0 bridgehead atoms. The molecule has 0 saturated heterocycles. The Bertz CT molecular complexity index is 1610. The first-order chi connectivity index (χ1) is 19.4. The molecule has 13 heteroatoms. The summed E-state index contributed by atoms with van der Waals surface area (Å²) >= 11 is 0. The van der Waals surface area contributed by atoms with Crippen molar-refractivity contribution in [3.63, 3.8) is 0 Å². The number of amides is 1. The van der Waals surface area contributed by atoms with Crippen LogP contribution < -0.4 is 5.32 Å². The fourth-order valence-electron chi connectivity index (χ4n) is 4.92. The van der Waals surface area contributed by atoms with E-state index in [1.54, 1.807) is 39.8 Å². The molecule has 12 nitrogen and oxygen atoms in total. The molecule has 2 aliphatic heterocycles. The van der Waals surface area contributed by atoms with Gasteiger partial charge in [0.25, 0.3) is 21.6 Å². The molecule has 2 aromatic carbocycles. The van der Waals surface area contributed by atoms with E-state index in [2.05, 4.69) is 5.32 Å². The number of dihydropyridines is 1. The number of benzene rings is 2. The van der Waals surface area contributed by atoms with Gasteiger partial charge in [-0.3, -0.25) is 14.9 Å². The molecule has 2 aliphatic rings. The fourth-order valence-corrected chi connectivity index (χ4v) is 6.53. The highest BCUT2D eigenvalue weighted by Crippen LogP contribution is 2.42. The van der Waals surface area contributed by atoms with E-state index in [-0.39, 0.29) is 52.4 Å². The van der Waals surface area contributed by atoms with Crippen LogP contribution >= 0.6 is 0 Å². The maximum absolute atomic E-state index is 13.5. The second-order valence-electron chi connectivity index (χ2n) is 9.77. The molecule has 0 saturated carbocycles. The quantitative estimate of drug-likeness (QED) is 0.200. The van der Waals surface area contributed by atoms with E-state index in [1.165, 1.54) is 36.4 Å². The molecule has 0 aromatic heterocycles. The van der Waals surface area contributed by atoms with Crippen molar-refractivity contribution in [3.05, 3.63) is 92.3 Å². The molecule has 0 aliphatic carbocycles. The summed E-state index contributed by atoms with van der Waals surface area (Å²) in [5, 5.41) is 14.9. The summed E-state index contributed by atoms with van der Waals surface area (Å²) in [6.45, 7) is 6.02. The van der Waals surface area contributed by atoms with Crippen LogP contribution in [0.2, 0.25) is 0 Å². The minimum Gasteiger partial charge on any atom is -0.462 e. The normalized spacial score (nSPS) is 17.8. The zero-order valence-corrected chi connectivity index (χ0v) is 23.7. The van der Waals surface area contributed by atoms with Crippen LogP contribution in [-0.4, -0.2) is 54.7 Å². The fraction of sp³-hybridized carbons (Fsp3) is 0.321. The van der Waals surface area contributed by atoms with Gasteiger partial charge in [0.1, 0.15) is 4.90 Å². The summed E-state index contributed by atoms with van der Waals surface area (Å²) in [6.07, 6.45) is -0.495. The van der Waals surface area contributed by atoms with Crippen LogP contribution in [0.3, 0.4) is 0 Å². The number of carbonyl (C=O) groups excluding carboxylic acids is 3. The van der Waals surface area contributed by atoms with Crippen molar-refractivity contribution in [2.45, 2.75) is 51.0 Å². The molecule has 0 fully saturated rings. The van der Waals surface area contributed by atoms with Crippen molar-refractivity contribution in [1.82, 2.24) is 9.62 Å². The third kappa shape index (κ3) is 5.57. The highest BCUT2D eigenvalue weighted by molar-refractivity contribution is 7.90. The molecule has 1 unspecified atom stereocenters. The highest BCUT2D eigenvalue weighted by atomic mass is 32.2. The van der Waals surface area contributed by atoms with Crippen molar-refractivity contribution in [2.24, 2.45) is 0 Å². The number of rotatable bonds is 9. The van der Waals surface area contributed by atoms with E-state index in [9.17, 15) is 32.9 Å². The number of ether oxygens (including phenoxy) is 2. The molecule has 1 atom stereocenters. The first kappa shape index (κ1) is 29.5. The molecule has 0 spiro atoms. The number of hydrogen-bond acceptors (Lipinski definition) is 10. The van der Waals surface area contributed by atoms with Crippen LogP contribution in [0, 0.1) is 10.1 Å². The number of carbonyl (C=O) groups is 3. The molecule has 41 heavy (non-hydrogen) atoms. The van der Waals surface area contributed by atoms with Gasteiger partial charge in [0, 0.05) is 36.0 Å². The van der Waals surface area contributed by atoms with Gasteiger partial charge in [0.15, 0.2) is 0 Å². The van der Waals surface area contributed by atoms with Gasteiger partial charge in [-0.05, 0) is 39.8 Å². The van der Waals surface area contributed by atoms with Crippen LogP contribution in [-0.2, 0) is 29.1 Å². The van der Waals surface area contributed by atoms with E-state index in [4.69, 9.17) is 9.47 Å². The van der Waals surface area contributed by atoms with Crippen LogP contribution in [0.4, 0.5) is 5.69 Å². The Balaban J connectivity index is 1.58. The third-order valence-corrected chi connectivity index (χ3v) is 8.48. The average molecular weight is 584 g/mol. The number of allylic oxidation sites excluding steroid dienone is 2. The maximum Gasteiger partial charge on any atom is 0.337 e. The number of nitrogens with one attached hydrogen (secondary N) is 1. The Morgan fingerprint density at radius 3 is 2.27 bits per heavy atom. The Labute approximate surface area is 236 Å². The molecule has 4 rings (SSSR count). The van der Waals surface area contributed by atoms with Gasteiger partial charge in [0.2, 0.25) is 0 Å². The number of para-hydroxylation sites is 1. The van der Waals surface area contributed by atoms with Gasteiger partial charge in [-0.1, -0.05) is 30.3 Å². The highest BCUT2D eigenvalue weighted by Gasteiger charge is 2.42. The van der Waals surface area contributed by atoms with Gasteiger partial charge in [0.05, 0.1) is 40.3 Å². The molecule has 1 amide bonds.